The molecule has 0 radical (unpaired) electrons. The molecule has 0 aliphatic rings. The van der Waals surface area contributed by atoms with Crippen molar-refractivity contribution < 1.29 is 0 Å². The highest BCUT2D eigenvalue weighted by Gasteiger charge is 2.25. The van der Waals surface area contributed by atoms with E-state index < -0.39 is 0 Å². The third kappa shape index (κ3) is 6.84. The van der Waals surface area contributed by atoms with Crippen molar-refractivity contribution in [1.29, 1.82) is 26.3 Å². The maximum atomic E-state index is 11.2. The molecule has 12 rings (SSSR count). The molecule has 0 atom stereocenters. The van der Waals surface area contributed by atoms with E-state index in [0.29, 0.717) is 39.2 Å². The Bertz CT molecular complexity index is 3970. The summed E-state index contributed by atoms with van der Waals surface area (Å²) in [6, 6.07) is 75.1. The van der Waals surface area contributed by atoms with Gasteiger partial charge in [-0.25, -0.2) is 0 Å². The van der Waals surface area contributed by atoms with Gasteiger partial charge in [-0.2, -0.15) is 26.3 Å². The molecule has 0 N–H and O–H groups in total. The zero-order valence-electron chi connectivity index (χ0n) is 38.2. The topological polar surface area (TPSA) is 142 Å². The van der Waals surface area contributed by atoms with Gasteiger partial charge in [-0.1, -0.05) is 121 Å². The Labute approximate surface area is 413 Å². The molecule has 0 bridgehead atoms. The highest BCUT2D eigenvalue weighted by Crippen LogP contribution is 2.45. The molecule has 0 fully saturated rings. The Balaban J connectivity index is 1.26. The molecule has 3 heterocycles. The van der Waals surface area contributed by atoms with E-state index in [-0.39, 0.29) is 0 Å². The molecule has 12 aromatic rings. The van der Waals surface area contributed by atoms with Crippen molar-refractivity contribution in [2.45, 2.75) is 0 Å². The van der Waals surface area contributed by atoms with E-state index >= 15 is 0 Å². The van der Waals surface area contributed by atoms with E-state index in [0.717, 1.165) is 99.2 Å². The molecular formula is C64H34N8. The Morgan fingerprint density at radius 1 is 0.306 bits per heavy atom. The number of nitrogens with zero attached hydrogens (tertiary/aromatic N) is 8. The first-order valence-corrected chi connectivity index (χ1v) is 23.1. The minimum atomic E-state index is 0.400. The fourth-order valence-corrected chi connectivity index (χ4v) is 10.4. The number of hydrogen-bond donors (Lipinski definition) is 0. The Morgan fingerprint density at radius 3 is 0.903 bits per heavy atom. The zero-order valence-corrected chi connectivity index (χ0v) is 38.2. The van der Waals surface area contributed by atoms with Crippen molar-refractivity contribution in [2.24, 2.45) is 0 Å². The molecule has 8 heteroatoms. The zero-order chi connectivity index (χ0) is 48.9. The van der Waals surface area contributed by atoms with Crippen LogP contribution in [-0.2, 0) is 0 Å². The number of rotatable bonds is 7. The fraction of sp³-hybridized carbons (Fsp3) is 0. The van der Waals surface area contributed by atoms with Crippen LogP contribution in [-0.4, -0.2) is 14.1 Å². The van der Waals surface area contributed by atoms with Crippen molar-refractivity contribution in [1.82, 2.24) is 14.1 Å². The van der Waals surface area contributed by atoms with E-state index in [4.69, 9.17) is 0 Å². The summed E-state index contributed by atoms with van der Waals surface area (Å²) in [6.07, 6.45) is 3.53. The Kier molecular flexibility index (Phi) is 10.3. The second kappa shape index (κ2) is 17.4. The molecule has 3 aromatic heterocycles. The van der Waals surface area contributed by atoms with Crippen LogP contribution in [0.25, 0.3) is 111 Å². The number of hydrogen-bond acceptors (Lipinski definition) is 6. The van der Waals surface area contributed by atoms with Crippen molar-refractivity contribution >= 4 is 43.6 Å². The average molecular weight is 915 g/mol. The minimum absolute atomic E-state index is 0.400. The van der Waals surface area contributed by atoms with E-state index in [2.05, 4.69) is 93.0 Å². The van der Waals surface area contributed by atoms with E-state index in [1.165, 1.54) is 0 Å². The monoisotopic (exact) mass is 914 g/mol. The van der Waals surface area contributed by atoms with Crippen molar-refractivity contribution in [2.75, 3.05) is 0 Å². The number of pyridine rings is 1. The maximum absolute atomic E-state index is 11.2. The fourth-order valence-electron chi connectivity index (χ4n) is 10.4. The summed E-state index contributed by atoms with van der Waals surface area (Å²) in [5.41, 5.74) is 15.5. The van der Waals surface area contributed by atoms with Gasteiger partial charge in [0.1, 0.15) is 0 Å². The van der Waals surface area contributed by atoms with E-state index in [1.54, 1.807) is 12.4 Å². The summed E-state index contributed by atoms with van der Waals surface area (Å²) in [4.78, 5) is 4.46. The Hall–Kier alpha value is -10.8. The quantitative estimate of drug-likeness (QED) is 0.156. The second-order valence-corrected chi connectivity index (χ2v) is 17.5. The molecule has 0 spiro atoms. The van der Waals surface area contributed by atoms with Gasteiger partial charge in [-0.05, 0) is 123 Å². The van der Waals surface area contributed by atoms with Crippen LogP contribution in [0.5, 0.6) is 0 Å². The van der Waals surface area contributed by atoms with E-state index in [1.807, 2.05) is 146 Å². The SMILES string of the molecule is N#Cc1cc(-n2c3cc(-c4ccccc4C#N)ccc3c3ccc(-c4ccccc4C#N)cc32)c(-c2ccncc2)c(-n2c3cc(-c4ccccc4C#N)ccc3c3ccc(-c4ccccc4C#N)cc32)c1. The summed E-state index contributed by atoms with van der Waals surface area (Å²) in [5, 5.41) is 56.1. The van der Waals surface area contributed by atoms with E-state index in [9.17, 15) is 26.3 Å². The molecule has 0 unspecified atom stereocenters. The molecule has 330 valence electrons. The van der Waals surface area contributed by atoms with Gasteiger partial charge in [0.25, 0.3) is 0 Å². The summed E-state index contributed by atoms with van der Waals surface area (Å²) >= 11 is 0. The lowest BCUT2D eigenvalue weighted by atomic mass is 9.97. The van der Waals surface area contributed by atoms with Crippen LogP contribution in [0.3, 0.4) is 0 Å². The van der Waals surface area contributed by atoms with Crippen LogP contribution < -0.4 is 0 Å². The van der Waals surface area contributed by atoms with Crippen molar-refractivity contribution in [3.63, 3.8) is 0 Å². The standard InChI is InChI=1S/C64H34N8/c65-35-40-29-62(71-58-31-42(50-13-5-1-9-46(50)36-66)17-21-54(58)55-22-18-43(32-59(55)71)51-14-6-2-10-47(51)37-67)64(41-25-27-70-28-26-41)63(30-40)72-60-33-44(52-15-7-3-11-48(52)38-68)19-23-56(60)57-24-20-45(34-61(57)72)53-16-8-4-12-49(53)39-69/h1-34H. The van der Waals surface area contributed by atoms with Gasteiger partial charge < -0.3 is 9.13 Å². The summed E-state index contributed by atoms with van der Waals surface area (Å²) < 4.78 is 4.41. The molecule has 0 amide bonds. The Morgan fingerprint density at radius 2 is 0.611 bits per heavy atom. The molecule has 0 saturated heterocycles. The first kappa shape index (κ1) is 42.5. The number of nitriles is 5. The lowest BCUT2D eigenvalue weighted by Crippen LogP contribution is -2.05. The second-order valence-electron chi connectivity index (χ2n) is 17.5. The van der Waals surface area contributed by atoms with Crippen LogP contribution in [0.1, 0.15) is 27.8 Å². The third-order valence-electron chi connectivity index (χ3n) is 13.6. The summed E-state index contributed by atoms with van der Waals surface area (Å²) in [7, 11) is 0. The lowest BCUT2D eigenvalue weighted by molar-refractivity contribution is 1.13. The molecule has 0 saturated carbocycles. The highest BCUT2D eigenvalue weighted by atomic mass is 15.0. The van der Waals surface area contributed by atoms with Gasteiger partial charge in [0.15, 0.2) is 0 Å². The van der Waals surface area contributed by atoms with Crippen molar-refractivity contribution in [3.8, 4) is 97.4 Å². The largest absolute Gasteiger partial charge is 0.308 e. The summed E-state index contributed by atoms with van der Waals surface area (Å²) in [5.74, 6) is 0. The smallest absolute Gasteiger partial charge is 0.0998 e. The summed E-state index contributed by atoms with van der Waals surface area (Å²) in [6.45, 7) is 0. The first-order chi connectivity index (χ1) is 35.5. The number of fused-ring (bicyclic) bond motifs is 6. The predicted molar refractivity (Wildman–Crippen MR) is 284 cm³/mol. The van der Waals surface area contributed by atoms with Gasteiger partial charge >= 0.3 is 0 Å². The molecular weight excluding hydrogens is 881 g/mol. The normalized spacial score (nSPS) is 11.0. The molecule has 72 heavy (non-hydrogen) atoms. The third-order valence-corrected chi connectivity index (χ3v) is 13.6. The van der Waals surface area contributed by atoms with Crippen LogP contribution in [0.15, 0.2) is 207 Å². The van der Waals surface area contributed by atoms with Crippen LogP contribution >= 0.6 is 0 Å². The average Bonchev–Trinajstić information content (AvgIpc) is 3.95. The minimum Gasteiger partial charge on any atom is -0.308 e. The van der Waals surface area contributed by atoms with Gasteiger partial charge in [0.2, 0.25) is 0 Å². The van der Waals surface area contributed by atoms with Gasteiger partial charge in [-0.15, -0.1) is 0 Å². The van der Waals surface area contributed by atoms with Gasteiger partial charge in [0, 0.05) is 39.5 Å². The molecule has 9 aromatic carbocycles. The molecule has 0 aliphatic carbocycles. The van der Waals surface area contributed by atoms with Crippen LogP contribution in [0, 0.1) is 56.7 Å². The number of aromatic nitrogens is 3. The molecule has 8 nitrogen and oxygen atoms in total. The van der Waals surface area contributed by atoms with Gasteiger partial charge in [0.05, 0.1) is 91.6 Å². The first-order valence-electron chi connectivity index (χ1n) is 23.1. The van der Waals surface area contributed by atoms with Crippen LogP contribution in [0.4, 0.5) is 0 Å². The predicted octanol–water partition coefficient (Wildman–Crippen LogP) is 15.0. The molecule has 0 aliphatic heterocycles. The highest BCUT2D eigenvalue weighted by molar-refractivity contribution is 6.14. The lowest BCUT2D eigenvalue weighted by Gasteiger charge is -2.21. The van der Waals surface area contributed by atoms with Gasteiger partial charge in [-0.3, -0.25) is 4.98 Å². The van der Waals surface area contributed by atoms with Crippen molar-refractivity contribution in [3.05, 3.63) is 234 Å². The van der Waals surface area contributed by atoms with Crippen LogP contribution in [0.2, 0.25) is 0 Å². The number of benzene rings is 9. The maximum Gasteiger partial charge on any atom is 0.0998 e.